The second-order valence-electron chi connectivity index (χ2n) is 5.15. The Morgan fingerprint density at radius 2 is 1.87 bits per heavy atom. The van der Waals surface area contributed by atoms with Crippen LogP contribution >= 0.6 is 0 Å². The Balaban J connectivity index is 2.04. The van der Waals surface area contributed by atoms with Gasteiger partial charge >= 0.3 is 0 Å². The quantitative estimate of drug-likeness (QED) is 0.880. The molecule has 0 spiro atoms. The van der Waals surface area contributed by atoms with Gasteiger partial charge in [-0.05, 0) is 49.2 Å². The van der Waals surface area contributed by atoms with Crippen molar-refractivity contribution < 1.29 is 17.6 Å². The van der Waals surface area contributed by atoms with Crippen LogP contribution in [0.25, 0.3) is 0 Å². The number of aryl methyl sites for hydroxylation is 2. The summed E-state index contributed by atoms with van der Waals surface area (Å²) in [5, 5.41) is 2.43. The van der Waals surface area contributed by atoms with Gasteiger partial charge in [0.05, 0.1) is 11.4 Å². The van der Waals surface area contributed by atoms with Crippen molar-refractivity contribution in [3.05, 3.63) is 59.4 Å². The Morgan fingerprint density at radius 1 is 1.13 bits per heavy atom. The average molecular weight is 336 g/mol. The van der Waals surface area contributed by atoms with Crippen LogP contribution in [0.15, 0.2) is 47.4 Å². The highest BCUT2D eigenvalue weighted by molar-refractivity contribution is 7.89. The molecule has 2 aromatic rings. The van der Waals surface area contributed by atoms with Gasteiger partial charge < -0.3 is 5.32 Å². The molecular weight excluding hydrogens is 319 g/mol. The first kappa shape index (κ1) is 17.1. The third-order valence-corrected chi connectivity index (χ3v) is 4.71. The van der Waals surface area contributed by atoms with Crippen molar-refractivity contribution in [3.63, 3.8) is 0 Å². The third kappa shape index (κ3) is 4.61. The minimum absolute atomic E-state index is 0.135. The van der Waals surface area contributed by atoms with Crippen molar-refractivity contribution in [1.29, 1.82) is 0 Å². The molecule has 2 N–H and O–H groups in total. The number of sulfonamides is 1. The molecule has 1 amide bonds. The molecule has 2 aromatic carbocycles. The number of rotatable bonds is 5. The lowest BCUT2D eigenvalue weighted by Gasteiger charge is -2.10. The van der Waals surface area contributed by atoms with E-state index >= 15 is 0 Å². The van der Waals surface area contributed by atoms with Gasteiger partial charge in [0.2, 0.25) is 15.9 Å². The highest BCUT2D eigenvalue weighted by atomic mass is 32.2. The lowest BCUT2D eigenvalue weighted by Crippen LogP contribution is -2.33. The molecule has 5 nitrogen and oxygen atoms in total. The number of carbonyl (C=O) groups is 1. The topological polar surface area (TPSA) is 75.3 Å². The molecule has 0 fully saturated rings. The first-order valence-corrected chi connectivity index (χ1v) is 8.38. The molecule has 0 radical (unpaired) electrons. The van der Waals surface area contributed by atoms with E-state index in [2.05, 4.69) is 10.0 Å². The van der Waals surface area contributed by atoms with E-state index in [0.29, 0.717) is 5.56 Å². The van der Waals surface area contributed by atoms with Gasteiger partial charge in [0.15, 0.2) is 0 Å². The van der Waals surface area contributed by atoms with Crippen molar-refractivity contribution in [2.45, 2.75) is 18.7 Å². The Morgan fingerprint density at radius 3 is 2.57 bits per heavy atom. The summed E-state index contributed by atoms with van der Waals surface area (Å²) in [6, 6.07) is 10.4. The van der Waals surface area contributed by atoms with Crippen molar-refractivity contribution in [1.82, 2.24) is 4.72 Å². The SMILES string of the molecule is Cc1ccc(C)c(S(=O)(=O)NCC(=O)Nc2cccc(F)c2)c1. The first-order chi connectivity index (χ1) is 10.8. The van der Waals surface area contributed by atoms with Crippen molar-refractivity contribution in [3.8, 4) is 0 Å². The second kappa shape index (κ2) is 6.89. The largest absolute Gasteiger partial charge is 0.325 e. The van der Waals surface area contributed by atoms with Crippen LogP contribution in [0.1, 0.15) is 11.1 Å². The van der Waals surface area contributed by atoms with E-state index in [1.165, 1.54) is 18.2 Å². The molecule has 0 unspecified atom stereocenters. The van der Waals surface area contributed by atoms with Crippen LogP contribution in [-0.2, 0) is 14.8 Å². The minimum Gasteiger partial charge on any atom is -0.325 e. The van der Waals surface area contributed by atoms with Crippen LogP contribution in [0.4, 0.5) is 10.1 Å². The van der Waals surface area contributed by atoms with E-state index in [1.54, 1.807) is 26.0 Å². The maximum Gasteiger partial charge on any atom is 0.241 e. The minimum atomic E-state index is -3.79. The molecule has 23 heavy (non-hydrogen) atoms. The van der Waals surface area contributed by atoms with Gasteiger partial charge in [0.1, 0.15) is 5.82 Å². The van der Waals surface area contributed by atoms with Gasteiger partial charge in [-0.3, -0.25) is 4.79 Å². The molecule has 0 saturated carbocycles. The maximum absolute atomic E-state index is 13.0. The zero-order valence-electron chi connectivity index (χ0n) is 12.8. The van der Waals surface area contributed by atoms with Crippen LogP contribution in [0.3, 0.4) is 0 Å². The summed E-state index contributed by atoms with van der Waals surface area (Å²) in [7, 11) is -3.79. The van der Waals surface area contributed by atoms with Crippen molar-refractivity contribution >= 4 is 21.6 Å². The number of nitrogens with one attached hydrogen (secondary N) is 2. The molecule has 0 aromatic heterocycles. The number of amides is 1. The van der Waals surface area contributed by atoms with E-state index in [0.717, 1.165) is 11.6 Å². The number of anilines is 1. The fourth-order valence-electron chi connectivity index (χ4n) is 2.01. The van der Waals surface area contributed by atoms with Crippen LogP contribution in [0.2, 0.25) is 0 Å². The fraction of sp³-hybridized carbons (Fsp3) is 0.188. The summed E-state index contributed by atoms with van der Waals surface area (Å²) in [4.78, 5) is 11.9. The van der Waals surface area contributed by atoms with E-state index < -0.39 is 28.3 Å². The number of carbonyl (C=O) groups excluding carboxylic acids is 1. The van der Waals surface area contributed by atoms with Crippen molar-refractivity contribution in [2.75, 3.05) is 11.9 Å². The van der Waals surface area contributed by atoms with Crippen LogP contribution < -0.4 is 10.0 Å². The predicted molar refractivity (Wildman–Crippen MR) is 86.1 cm³/mol. The Bertz CT molecular complexity index is 835. The lowest BCUT2D eigenvalue weighted by molar-refractivity contribution is -0.115. The normalized spacial score (nSPS) is 11.3. The number of hydrogen-bond donors (Lipinski definition) is 2. The standard InChI is InChI=1S/C16H17FN2O3S/c1-11-6-7-12(2)15(8-11)23(21,22)18-10-16(20)19-14-5-3-4-13(17)9-14/h3-9,18H,10H2,1-2H3,(H,19,20). The fourth-order valence-corrected chi connectivity index (χ4v) is 3.32. The summed E-state index contributed by atoms with van der Waals surface area (Å²) in [5.74, 6) is -1.07. The molecule has 0 heterocycles. The van der Waals surface area contributed by atoms with Gasteiger partial charge in [-0.25, -0.2) is 17.5 Å². The summed E-state index contributed by atoms with van der Waals surface area (Å²) in [6.45, 7) is 3.03. The predicted octanol–water partition coefficient (Wildman–Crippen LogP) is 2.36. The summed E-state index contributed by atoms with van der Waals surface area (Å²) in [5.41, 5.74) is 1.66. The highest BCUT2D eigenvalue weighted by Gasteiger charge is 2.18. The van der Waals surface area contributed by atoms with Gasteiger partial charge in [0.25, 0.3) is 0 Å². The molecule has 2 rings (SSSR count). The summed E-state index contributed by atoms with van der Waals surface area (Å²) in [6.07, 6.45) is 0. The van der Waals surface area contributed by atoms with Gasteiger partial charge in [-0.1, -0.05) is 18.2 Å². The molecule has 0 saturated heterocycles. The van der Waals surface area contributed by atoms with Crippen LogP contribution in [0, 0.1) is 19.7 Å². The van der Waals surface area contributed by atoms with E-state index in [1.807, 2.05) is 6.07 Å². The summed E-state index contributed by atoms with van der Waals surface area (Å²) < 4.78 is 39.8. The molecule has 0 aliphatic rings. The van der Waals surface area contributed by atoms with Crippen LogP contribution in [-0.4, -0.2) is 20.9 Å². The van der Waals surface area contributed by atoms with E-state index in [-0.39, 0.29) is 10.6 Å². The van der Waals surface area contributed by atoms with E-state index in [4.69, 9.17) is 0 Å². The zero-order valence-corrected chi connectivity index (χ0v) is 13.6. The summed E-state index contributed by atoms with van der Waals surface area (Å²) >= 11 is 0. The molecular formula is C16H17FN2O3S. The zero-order chi connectivity index (χ0) is 17.0. The smallest absolute Gasteiger partial charge is 0.241 e. The Hall–Kier alpha value is -2.25. The average Bonchev–Trinajstić information content (AvgIpc) is 2.48. The number of hydrogen-bond acceptors (Lipinski definition) is 3. The molecule has 0 aliphatic carbocycles. The second-order valence-corrected chi connectivity index (χ2v) is 6.89. The van der Waals surface area contributed by atoms with Gasteiger partial charge in [-0.2, -0.15) is 0 Å². The molecule has 0 bridgehead atoms. The van der Waals surface area contributed by atoms with E-state index in [9.17, 15) is 17.6 Å². The third-order valence-electron chi connectivity index (χ3n) is 3.16. The first-order valence-electron chi connectivity index (χ1n) is 6.90. The van der Waals surface area contributed by atoms with Crippen LogP contribution in [0.5, 0.6) is 0 Å². The monoisotopic (exact) mass is 336 g/mol. The number of halogens is 1. The number of benzene rings is 2. The van der Waals surface area contributed by atoms with Crippen molar-refractivity contribution in [2.24, 2.45) is 0 Å². The maximum atomic E-state index is 13.0. The molecule has 122 valence electrons. The Labute approximate surface area is 134 Å². The molecule has 0 aliphatic heterocycles. The molecule has 7 heteroatoms. The molecule has 0 atom stereocenters. The highest BCUT2D eigenvalue weighted by Crippen LogP contribution is 2.16. The Kier molecular flexibility index (Phi) is 5.12. The van der Waals surface area contributed by atoms with Gasteiger partial charge in [-0.15, -0.1) is 0 Å². The van der Waals surface area contributed by atoms with Gasteiger partial charge in [0, 0.05) is 5.69 Å². The lowest BCUT2D eigenvalue weighted by atomic mass is 10.2.